The molecule has 2 aromatic carbocycles. The van der Waals surface area contributed by atoms with Crippen molar-refractivity contribution in [2.45, 2.75) is 20.3 Å². The minimum absolute atomic E-state index is 0.200. The second-order valence-electron chi connectivity index (χ2n) is 5.45. The van der Waals surface area contributed by atoms with Gasteiger partial charge in [0, 0.05) is 11.1 Å². The van der Waals surface area contributed by atoms with Gasteiger partial charge in [0.15, 0.2) is 0 Å². The fourth-order valence-electron chi connectivity index (χ4n) is 2.62. The lowest BCUT2D eigenvalue weighted by Crippen LogP contribution is -2.01. The molecular weight excluding hydrogens is 330 g/mol. The van der Waals surface area contributed by atoms with Crippen LogP contribution in [0.4, 0.5) is 0 Å². The van der Waals surface area contributed by atoms with E-state index in [2.05, 4.69) is 0 Å². The Balaban J connectivity index is 2.53. The van der Waals surface area contributed by atoms with Crippen molar-refractivity contribution >= 4 is 11.5 Å². The van der Waals surface area contributed by atoms with Gasteiger partial charge in [-0.1, -0.05) is 24.3 Å². The summed E-state index contributed by atoms with van der Waals surface area (Å²) < 4.78 is 10.9. The number of carboxylic acid groups (broad SMARTS) is 1. The van der Waals surface area contributed by atoms with E-state index >= 15 is 0 Å². The van der Waals surface area contributed by atoms with Gasteiger partial charge in [0.25, 0.3) is 0 Å². The van der Waals surface area contributed by atoms with Crippen LogP contribution < -0.4 is 9.47 Å². The Hall–Kier alpha value is -3.26. The minimum atomic E-state index is -1.05. The summed E-state index contributed by atoms with van der Waals surface area (Å²) in [6.07, 6.45) is -0.341. The Kier molecular flexibility index (Phi) is 6.81. The van der Waals surface area contributed by atoms with Gasteiger partial charge in [-0.05, 0) is 49.2 Å². The first kappa shape index (κ1) is 19.1. The Morgan fingerprint density at radius 1 is 0.923 bits per heavy atom. The Morgan fingerprint density at radius 2 is 1.35 bits per heavy atom. The number of rotatable bonds is 8. The highest BCUT2D eigenvalue weighted by Crippen LogP contribution is 2.31. The van der Waals surface area contributed by atoms with Gasteiger partial charge in [0.05, 0.1) is 25.7 Å². The maximum Gasteiger partial charge on any atom is 0.308 e. The van der Waals surface area contributed by atoms with Crippen molar-refractivity contribution in [3.8, 4) is 17.6 Å². The fraction of sp³-hybridized carbons (Fsp3) is 0.238. The number of aliphatic carboxylic acids is 1. The summed E-state index contributed by atoms with van der Waals surface area (Å²) in [6, 6.07) is 16.6. The summed E-state index contributed by atoms with van der Waals surface area (Å²) in [5, 5.41) is 18.7. The van der Waals surface area contributed by atoms with Crippen LogP contribution in [0.3, 0.4) is 0 Å². The Morgan fingerprint density at radius 3 is 1.65 bits per heavy atom. The van der Waals surface area contributed by atoms with Gasteiger partial charge in [-0.2, -0.15) is 5.26 Å². The molecule has 134 valence electrons. The average molecular weight is 351 g/mol. The predicted octanol–water partition coefficient (Wildman–Crippen LogP) is 4.28. The smallest absolute Gasteiger partial charge is 0.308 e. The van der Waals surface area contributed by atoms with Crippen molar-refractivity contribution < 1.29 is 19.4 Å². The van der Waals surface area contributed by atoms with E-state index in [1.165, 1.54) is 0 Å². The fourth-order valence-corrected chi connectivity index (χ4v) is 2.62. The lowest BCUT2D eigenvalue weighted by molar-refractivity contribution is -0.136. The van der Waals surface area contributed by atoms with Crippen LogP contribution in [0, 0.1) is 11.3 Å². The molecule has 0 bridgehead atoms. The number of ether oxygens (including phenoxy) is 2. The zero-order valence-electron chi connectivity index (χ0n) is 14.9. The molecule has 0 saturated heterocycles. The van der Waals surface area contributed by atoms with Gasteiger partial charge in [-0.25, -0.2) is 0 Å². The second kappa shape index (κ2) is 9.28. The monoisotopic (exact) mass is 351 g/mol. The molecule has 5 heteroatoms. The molecule has 0 spiro atoms. The summed E-state index contributed by atoms with van der Waals surface area (Å²) in [6.45, 7) is 4.92. The van der Waals surface area contributed by atoms with Crippen LogP contribution >= 0.6 is 0 Å². The molecule has 0 atom stereocenters. The summed E-state index contributed by atoms with van der Waals surface area (Å²) in [5.74, 6) is 0.397. The highest BCUT2D eigenvalue weighted by atomic mass is 16.5. The van der Waals surface area contributed by atoms with E-state index in [0.29, 0.717) is 18.8 Å². The minimum Gasteiger partial charge on any atom is -0.494 e. The molecule has 26 heavy (non-hydrogen) atoms. The topological polar surface area (TPSA) is 79.5 Å². The van der Waals surface area contributed by atoms with E-state index in [-0.39, 0.29) is 12.0 Å². The first-order valence-electron chi connectivity index (χ1n) is 8.40. The molecule has 0 fully saturated rings. The SMILES string of the molecule is CCOc1ccc(C(=C(C#N)CC(=O)O)c2ccc(OCC)cc2)cc1. The van der Waals surface area contributed by atoms with Crippen LogP contribution in [0.5, 0.6) is 11.5 Å². The molecule has 0 aromatic heterocycles. The number of nitriles is 1. The van der Waals surface area contributed by atoms with Gasteiger partial charge in [0.2, 0.25) is 0 Å². The summed E-state index contributed by atoms with van der Waals surface area (Å²) in [4.78, 5) is 11.2. The quantitative estimate of drug-likeness (QED) is 0.718. The standard InChI is InChI=1S/C21H21NO4/c1-3-25-18-9-5-15(6-10-18)21(17(14-22)13-20(23)24)16-7-11-19(12-8-16)26-4-2/h5-12H,3-4,13H2,1-2H3,(H,23,24). The van der Waals surface area contributed by atoms with Crippen LogP contribution in [-0.2, 0) is 4.79 Å². The lowest BCUT2D eigenvalue weighted by Gasteiger charge is -2.13. The molecular formula is C21H21NO4. The van der Waals surface area contributed by atoms with Crippen LogP contribution in [0.1, 0.15) is 31.4 Å². The molecule has 2 aromatic rings. The zero-order valence-corrected chi connectivity index (χ0v) is 14.9. The highest BCUT2D eigenvalue weighted by Gasteiger charge is 2.15. The summed E-state index contributed by atoms with van der Waals surface area (Å²) in [7, 11) is 0. The summed E-state index contributed by atoms with van der Waals surface area (Å²) >= 11 is 0. The number of carboxylic acids is 1. The van der Waals surface area contributed by atoms with Crippen molar-refractivity contribution in [3.63, 3.8) is 0 Å². The maximum absolute atomic E-state index is 11.2. The predicted molar refractivity (Wildman–Crippen MR) is 99.1 cm³/mol. The third-order valence-corrected chi connectivity index (χ3v) is 3.67. The number of hydrogen-bond donors (Lipinski definition) is 1. The van der Waals surface area contributed by atoms with Crippen molar-refractivity contribution in [1.29, 1.82) is 5.26 Å². The van der Waals surface area contributed by atoms with Gasteiger partial charge in [0.1, 0.15) is 11.5 Å². The number of carbonyl (C=O) groups is 1. The largest absolute Gasteiger partial charge is 0.494 e. The Bertz CT molecular complexity index is 763. The van der Waals surface area contributed by atoms with Gasteiger partial charge >= 0.3 is 5.97 Å². The maximum atomic E-state index is 11.2. The highest BCUT2D eigenvalue weighted by molar-refractivity contribution is 5.88. The molecule has 0 aliphatic carbocycles. The average Bonchev–Trinajstić information content (AvgIpc) is 2.64. The summed E-state index contributed by atoms with van der Waals surface area (Å²) in [5.41, 5.74) is 2.32. The van der Waals surface area contributed by atoms with Crippen molar-refractivity contribution in [2.75, 3.05) is 13.2 Å². The molecule has 0 amide bonds. The van der Waals surface area contributed by atoms with Gasteiger partial charge in [-0.3, -0.25) is 4.79 Å². The first-order chi connectivity index (χ1) is 12.6. The zero-order chi connectivity index (χ0) is 18.9. The van der Waals surface area contributed by atoms with Crippen LogP contribution in [0.2, 0.25) is 0 Å². The van der Waals surface area contributed by atoms with Crippen molar-refractivity contribution in [3.05, 3.63) is 65.2 Å². The Labute approximate surface area is 153 Å². The van der Waals surface area contributed by atoms with Crippen LogP contribution in [0.25, 0.3) is 5.57 Å². The van der Waals surface area contributed by atoms with E-state index in [1.54, 1.807) is 0 Å². The van der Waals surface area contributed by atoms with Crippen LogP contribution in [-0.4, -0.2) is 24.3 Å². The van der Waals surface area contributed by atoms with Crippen molar-refractivity contribution in [2.24, 2.45) is 0 Å². The van der Waals surface area contributed by atoms with E-state index < -0.39 is 5.97 Å². The third-order valence-electron chi connectivity index (χ3n) is 3.67. The second-order valence-corrected chi connectivity index (χ2v) is 5.45. The molecule has 0 aliphatic rings. The molecule has 1 N–H and O–H groups in total. The normalized spacial score (nSPS) is 9.88. The molecule has 0 saturated carbocycles. The van der Waals surface area contributed by atoms with E-state index in [0.717, 1.165) is 22.6 Å². The number of hydrogen-bond acceptors (Lipinski definition) is 4. The van der Waals surface area contributed by atoms with E-state index in [4.69, 9.17) is 14.6 Å². The lowest BCUT2D eigenvalue weighted by atomic mass is 9.92. The molecule has 0 radical (unpaired) electrons. The number of nitrogens with zero attached hydrogens (tertiary/aromatic N) is 1. The van der Waals surface area contributed by atoms with Gasteiger partial charge < -0.3 is 14.6 Å². The molecule has 0 aliphatic heterocycles. The molecule has 2 rings (SSSR count). The third kappa shape index (κ3) is 4.87. The molecule has 0 unspecified atom stereocenters. The van der Waals surface area contributed by atoms with Crippen molar-refractivity contribution in [1.82, 2.24) is 0 Å². The van der Waals surface area contributed by atoms with E-state index in [9.17, 15) is 10.1 Å². The molecule has 5 nitrogen and oxygen atoms in total. The van der Waals surface area contributed by atoms with E-state index in [1.807, 2.05) is 68.4 Å². The first-order valence-corrected chi connectivity index (χ1v) is 8.40. The van der Waals surface area contributed by atoms with Crippen LogP contribution in [0.15, 0.2) is 54.1 Å². The molecule has 0 heterocycles. The van der Waals surface area contributed by atoms with Gasteiger partial charge in [-0.15, -0.1) is 0 Å². The number of benzene rings is 2.